The highest BCUT2D eigenvalue weighted by Crippen LogP contribution is 2.22. The van der Waals surface area contributed by atoms with Crippen LogP contribution in [0.5, 0.6) is 5.75 Å². The fraction of sp³-hybridized carbons (Fsp3) is 0.182. The Morgan fingerprint density at radius 3 is 1.92 bits per heavy atom. The zero-order chi connectivity index (χ0) is 16.8. The molecule has 0 radical (unpaired) electrons. The minimum atomic E-state index is 0.556. The molecule has 24 heavy (non-hydrogen) atoms. The molecule has 3 aromatic carbocycles. The molecule has 0 amide bonds. The Labute approximate surface area is 144 Å². The summed E-state index contributed by atoms with van der Waals surface area (Å²) in [5.74, 6) is 1.43. The van der Waals surface area contributed by atoms with Gasteiger partial charge >= 0.3 is 0 Å². The fourth-order valence-corrected chi connectivity index (χ4v) is 2.49. The lowest BCUT2D eigenvalue weighted by molar-refractivity contribution is 0.306. The van der Waals surface area contributed by atoms with Gasteiger partial charge in [-0.1, -0.05) is 56.3 Å². The van der Waals surface area contributed by atoms with Crippen molar-refractivity contribution in [1.29, 1.82) is 0 Å². The molecular weight excluding hydrogens is 294 g/mol. The first kappa shape index (κ1) is 16.1. The van der Waals surface area contributed by atoms with E-state index in [1.807, 2.05) is 42.5 Å². The maximum absolute atomic E-state index is 5.81. The maximum Gasteiger partial charge on any atom is 0.119 e. The first-order valence-electron chi connectivity index (χ1n) is 8.34. The third-order valence-corrected chi connectivity index (χ3v) is 3.97. The second-order valence-electron chi connectivity index (χ2n) is 6.20. The molecular formula is C22H23NO. The average Bonchev–Trinajstić information content (AvgIpc) is 2.62. The summed E-state index contributed by atoms with van der Waals surface area (Å²) in [4.78, 5) is 0. The van der Waals surface area contributed by atoms with E-state index in [9.17, 15) is 0 Å². The molecule has 3 rings (SSSR count). The van der Waals surface area contributed by atoms with Crippen molar-refractivity contribution < 1.29 is 4.74 Å². The van der Waals surface area contributed by atoms with Crippen molar-refractivity contribution in [3.63, 3.8) is 0 Å². The summed E-state index contributed by atoms with van der Waals surface area (Å²) in [5, 5.41) is 3.42. The summed E-state index contributed by atoms with van der Waals surface area (Å²) in [6, 6.07) is 26.8. The molecule has 122 valence electrons. The van der Waals surface area contributed by atoms with Gasteiger partial charge in [-0.05, 0) is 53.4 Å². The molecule has 2 heteroatoms. The van der Waals surface area contributed by atoms with E-state index in [2.05, 4.69) is 55.6 Å². The van der Waals surface area contributed by atoms with E-state index in [0.29, 0.717) is 12.5 Å². The SMILES string of the molecule is CC(C)c1ccc(Nc2ccc(OCc3ccccc3)cc2)cc1. The Balaban J connectivity index is 1.58. The highest BCUT2D eigenvalue weighted by atomic mass is 16.5. The predicted octanol–water partition coefficient (Wildman–Crippen LogP) is 6.13. The van der Waals surface area contributed by atoms with Crippen LogP contribution in [0.3, 0.4) is 0 Å². The van der Waals surface area contributed by atoms with Crippen LogP contribution in [0.25, 0.3) is 0 Å². The van der Waals surface area contributed by atoms with Crippen LogP contribution in [0.15, 0.2) is 78.9 Å². The van der Waals surface area contributed by atoms with Crippen LogP contribution in [0, 0.1) is 0 Å². The normalized spacial score (nSPS) is 10.6. The average molecular weight is 317 g/mol. The van der Waals surface area contributed by atoms with Crippen LogP contribution in [0.2, 0.25) is 0 Å². The van der Waals surface area contributed by atoms with Crippen LogP contribution >= 0.6 is 0 Å². The van der Waals surface area contributed by atoms with Crippen molar-refractivity contribution in [2.24, 2.45) is 0 Å². The highest BCUT2D eigenvalue weighted by molar-refractivity contribution is 5.60. The molecule has 0 heterocycles. The Morgan fingerprint density at radius 2 is 1.33 bits per heavy atom. The number of hydrogen-bond donors (Lipinski definition) is 1. The summed E-state index contributed by atoms with van der Waals surface area (Å²) < 4.78 is 5.81. The number of anilines is 2. The Morgan fingerprint density at radius 1 is 0.750 bits per heavy atom. The van der Waals surface area contributed by atoms with Gasteiger partial charge in [0.15, 0.2) is 0 Å². The minimum Gasteiger partial charge on any atom is -0.489 e. The van der Waals surface area contributed by atoms with Crippen molar-refractivity contribution in [2.75, 3.05) is 5.32 Å². The Kier molecular flexibility index (Phi) is 5.17. The van der Waals surface area contributed by atoms with Crippen LogP contribution in [0.1, 0.15) is 30.9 Å². The van der Waals surface area contributed by atoms with Gasteiger partial charge in [0.1, 0.15) is 12.4 Å². The number of hydrogen-bond acceptors (Lipinski definition) is 2. The summed E-state index contributed by atoms with van der Waals surface area (Å²) in [6.07, 6.45) is 0. The van der Waals surface area contributed by atoms with Crippen LogP contribution in [0.4, 0.5) is 11.4 Å². The fourth-order valence-electron chi connectivity index (χ4n) is 2.49. The zero-order valence-electron chi connectivity index (χ0n) is 14.2. The third-order valence-electron chi connectivity index (χ3n) is 3.97. The highest BCUT2D eigenvalue weighted by Gasteiger charge is 2.00. The molecule has 2 nitrogen and oxygen atoms in total. The largest absolute Gasteiger partial charge is 0.489 e. The molecule has 0 bridgehead atoms. The summed E-state index contributed by atoms with van der Waals surface area (Å²) in [6.45, 7) is 5.00. The van der Waals surface area contributed by atoms with Gasteiger partial charge in [-0.15, -0.1) is 0 Å². The zero-order valence-corrected chi connectivity index (χ0v) is 14.2. The van der Waals surface area contributed by atoms with E-state index in [1.54, 1.807) is 0 Å². The quantitative estimate of drug-likeness (QED) is 0.590. The van der Waals surface area contributed by atoms with Crippen molar-refractivity contribution in [3.8, 4) is 5.75 Å². The van der Waals surface area contributed by atoms with Crippen LogP contribution in [-0.2, 0) is 6.61 Å². The van der Waals surface area contributed by atoms with Gasteiger partial charge in [0.2, 0.25) is 0 Å². The molecule has 0 aromatic heterocycles. The van der Waals surface area contributed by atoms with Gasteiger partial charge in [-0.2, -0.15) is 0 Å². The van der Waals surface area contributed by atoms with Crippen LogP contribution < -0.4 is 10.1 Å². The molecule has 0 atom stereocenters. The molecule has 0 spiro atoms. The van der Waals surface area contributed by atoms with Crippen LogP contribution in [-0.4, -0.2) is 0 Å². The molecule has 0 saturated heterocycles. The lowest BCUT2D eigenvalue weighted by Crippen LogP contribution is -1.95. The number of rotatable bonds is 6. The molecule has 0 aliphatic heterocycles. The maximum atomic E-state index is 5.81. The Hall–Kier alpha value is -2.74. The standard InChI is InChI=1S/C22H23NO/c1-17(2)19-8-10-20(11-9-19)23-21-12-14-22(15-13-21)24-16-18-6-4-3-5-7-18/h3-15,17,23H,16H2,1-2H3. The molecule has 1 N–H and O–H groups in total. The Bertz CT molecular complexity index is 746. The molecule has 3 aromatic rings. The van der Waals surface area contributed by atoms with E-state index < -0.39 is 0 Å². The lowest BCUT2D eigenvalue weighted by atomic mass is 10.0. The molecule has 0 aliphatic rings. The van der Waals surface area contributed by atoms with E-state index in [0.717, 1.165) is 17.1 Å². The number of benzene rings is 3. The lowest BCUT2D eigenvalue weighted by Gasteiger charge is -2.10. The minimum absolute atomic E-state index is 0.556. The van der Waals surface area contributed by atoms with Crippen molar-refractivity contribution in [2.45, 2.75) is 26.4 Å². The van der Waals surface area contributed by atoms with E-state index in [4.69, 9.17) is 4.74 Å². The van der Waals surface area contributed by atoms with Gasteiger partial charge in [0, 0.05) is 11.4 Å². The summed E-state index contributed by atoms with van der Waals surface area (Å²) in [7, 11) is 0. The van der Waals surface area contributed by atoms with Gasteiger partial charge < -0.3 is 10.1 Å². The molecule has 0 saturated carbocycles. The predicted molar refractivity (Wildman–Crippen MR) is 101 cm³/mol. The van der Waals surface area contributed by atoms with Gasteiger partial charge in [0.05, 0.1) is 0 Å². The second-order valence-corrected chi connectivity index (χ2v) is 6.20. The topological polar surface area (TPSA) is 21.3 Å². The molecule has 0 unspecified atom stereocenters. The third kappa shape index (κ3) is 4.39. The van der Waals surface area contributed by atoms with Crippen molar-refractivity contribution >= 4 is 11.4 Å². The number of nitrogens with one attached hydrogen (secondary N) is 1. The van der Waals surface area contributed by atoms with Crippen molar-refractivity contribution in [3.05, 3.63) is 90.0 Å². The van der Waals surface area contributed by atoms with E-state index in [1.165, 1.54) is 11.1 Å². The molecule has 0 aliphatic carbocycles. The number of ether oxygens (including phenoxy) is 1. The van der Waals surface area contributed by atoms with Crippen molar-refractivity contribution in [1.82, 2.24) is 0 Å². The summed E-state index contributed by atoms with van der Waals surface area (Å²) >= 11 is 0. The first-order valence-corrected chi connectivity index (χ1v) is 8.34. The summed E-state index contributed by atoms with van der Waals surface area (Å²) in [5.41, 5.74) is 4.67. The monoisotopic (exact) mass is 317 g/mol. The smallest absolute Gasteiger partial charge is 0.119 e. The van der Waals surface area contributed by atoms with Gasteiger partial charge in [0.25, 0.3) is 0 Å². The van der Waals surface area contributed by atoms with E-state index in [-0.39, 0.29) is 0 Å². The second kappa shape index (κ2) is 7.69. The van der Waals surface area contributed by atoms with Gasteiger partial charge in [-0.25, -0.2) is 0 Å². The first-order chi connectivity index (χ1) is 11.7. The molecule has 0 fully saturated rings. The van der Waals surface area contributed by atoms with E-state index >= 15 is 0 Å². The van der Waals surface area contributed by atoms with Gasteiger partial charge in [-0.3, -0.25) is 0 Å².